The molecule has 1 heterocycles. The van der Waals surface area contributed by atoms with Gasteiger partial charge in [0.1, 0.15) is 12.5 Å². The molecule has 74 valence electrons. The number of halogens is 1. The highest BCUT2D eigenvalue weighted by molar-refractivity contribution is 14.1. The van der Waals surface area contributed by atoms with E-state index in [-0.39, 0.29) is 0 Å². The Hall–Kier alpha value is -0.710. The molecule has 0 saturated carbocycles. The van der Waals surface area contributed by atoms with Crippen molar-refractivity contribution < 1.29 is 9.47 Å². The van der Waals surface area contributed by atoms with Gasteiger partial charge in [0.2, 0.25) is 0 Å². The lowest BCUT2D eigenvalue weighted by atomic mass is 10.0. The standard InChI is InChI=1S/C11H11IO2/c1-2-11(13-7-8-14-11)9-5-3-4-6-10(9)12/h3-8H,2H2,1H3. The summed E-state index contributed by atoms with van der Waals surface area (Å²) in [7, 11) is 0. The number of benzene rings is 1. The van der Waals surface area contributed by atoms with Crippen LogP contribution in [0.25, 0.3) is 0 Å². The van der Waals surface area contributed by atoms with E-state index in [9.17, 15) is 0 Å². The van der Waals surface area contributed by atoms with Gasteiger partial charge in [0.05, 0.1) is 0 Å². The Morgan fingerprint density at radius 2 is 1.86 bits per heavy atom. The molecule has 0 unspecified atom stereocenters. The van der Waals surface area contributed by atoms with Crippen LogP contribution in [0.2, 0.25) is 0 Å². The zero-order valence-electron chi connectivity index (χ0n) is 7.87. The van der Waals surface area contributed by atoms with Crippen LogP contribution in [0.1, 0.15) is 18.9 Å². The SMILES string of the molecule is CCC1(c2ccccc2I)OC=CO1. The molecular formula is C11H11IO2. The van der Waals surface area contributed by atoms with Crippen molar-refractivity contribution in [3.05, 3.63) is 45.9 Å². The molecule has 0 bridgehead atoms. The maximum Gasteiger partial charge on any atom is 0.277 e. The van der Waals surface area contributed by atoms with Crippen molar-refractivity contribution >= 4 is 22.6 Å². The summed E-state index contributed by atoms with van der Waals surface area (Å²) in [6, 6.07) is 8.10. The van der Waals surface area contributed by atoms with Crippen LogP contribution < -0.4 is 0 Å². The van der Waals surface area contributed by atoms with Gasteiger partial charge in [-0.2, -0.15) is 0 Å². The third-order valence-corrected chi connectivity index (χ3v) is 3.26. The quantitative estimate of drug-likeness (QED) is 0.780. The highest BCUT2D eigenvalue weighted by atomic mass is 127. The van der Waals surface area contributed by atoms with Crippen LogP contribution in [0.3, 0.4) is 0 Å². The van der Waals surface area contributed by atoms with Crippen molar-refractivity contribution in [2.45, 2.75) is 19.1 Å². The van der Waals surface area contributed by atoms with Crippen molar-refractivity contribution in [2.24, 2.45) is 0 Å². The molecule has 0 fully saturated rings. The van der Waals surface area contributed by atoms with Crippen molar-refractivity contribution in [1.82, 2.24) is 0 Å². The summed E-state index contributed by atoms with van der Waals surface area (Å²) < 4.78 is 12.3. The molecule has 14 heavy (non-hydrogen) atoms. The number of hydrogen-bond donors (Lipinski definition) is 0. The largest absolute Gasteiger partial charge is 0.453 e. The van der Waals surface area contributed by atoms with Crippen LogP contribution in [0.4, 0.5) is 0 Å². The molecule has 1 aromatic rings. The minimum absolute atomic E-state index is 0.599. The Bertz CT molecular complexity index is 352. The van der Waals surface area contributed by atoms with Crippen LogP contribution in [0.5, 0.6) is 0 Å². The van der Waals surface area contributed by atoms with Gasteiger partial charge in [-0.25, -0.2) is 0 Å². The normalized spacial score (nSPS) is 17.6. The van der Waals surface area contributed by atoms with E-state index in [4.69, 9.17) is 9.47 Å². The molecule has 2 rings (SSSR count). The highest BCUT2D eigenvalue weighted by Crippen LogP contribution is 2.37. The molecule has 0 saturated heterocycles. The lowest BCUT2D eigenvalue weighted by Crippen LogP contribution is -2.26. The minimum atomic E-state index is -0.599. The second-order valence-electron chi connectivity index (χ2n) is 3.09. The summed E-state index contributed by atoms with van der Waals surface area (Å²) >= 11 is 2.30. The van der Waals surface area contributed by atoms with Crippen LogP contribution in [-0.4, -0.2) is 0 Å². The zero-order valence-corrected chi connectivity index (χ0v) is 10.0. The van der Waals surface area contributed by atoms with E-state index in [1.54, 1.807) is 12.5 Å². The molecule has 0 spiro atoms. The number of hydrogen-bond acceptors (Lipinski definition) is 2. The van der Waals surface area contributed by atoms with E-state index in [1.807, 2.05) is 18.2 Å². The van der Waals surface area contributed by atoms with Crippen molar-refractivity contribution in [2.75, 3.05) is 0 Å². The van der Waals surface area contributed by atoms with E-state index in [0.29, 0.717) is 0 Å². The fourth-order valence-corrected chi connectivity index (χ4v) is 2.36. The predicted molar refractivity (Wildman–Crippen MR) is 62.4 cm³/mol. The topological polar surface area (TPSA) is 18.5 Å². The fourth-order valence-electron chi connectivity index (χ4n) is 1.56. The molecule has 0 amide bonds. The first-order chi connectivity index (χ1) is 6.78. The van der Waals surface area contributed by atoms with Gasteiger partial charge < -0.3 is 9.47 Å². The Balaban J connectivity index is 2.42. The molecule has 3 heteroatoms. The fraction of sp³-hybridized carbons (Fsp3) is 0.273. The molecule has 1 aliphatic heterocycles. The Morgan fingerprint density at radius 3 is 2.43 bits per heavy atom. The highest BCUT2D eigenvalue weighted by Gasteiger charge is 2.37. The number of rotatable bonds is 2. The molecule has 1 aromatic carbocycles. The molecule has 0 N–H and O–H groups in total. The molecule has 1 aliphatic rings. The second kappa shape index (κ2) is 3.81. The maximum absolute atomic E-state index is 5.55. The summed E-state index contributed by atoms with van der Waals surface area (Å²) in [4.78, 5) is 0. The summed E-state index contributed by atoms with van der Waals surface area (Å²) in [5.74, 6) is -0.599. The average Bonchev–Trinajstić information content (AvgIpc) is 2.68. The second-order valence-corrected chi connectivity index (χ2v) is 4.26. The van der Waals surface area contributed by atoms with Gasteiger partial charge >= 0.3 is 0 Å². The Labute approximate surface area is 97.0 Å². The van der Waals surface area contributed by atoms with Crippen LogP contribution in [-0.2, 0) is 15.3 Å². The molecule has 0 aromatic heterocycles. The van der Waals surface area contributed by atoms with E-state index in [1.165, 1.54) is 0 Å². The summed E-state index contributed by atoms with van der Waals surface area (Å²) in [5, 5.41) is 0. The Morgan fingerprint density at radius 1 is 1.21 bits per heavy atom. The van der Waals surface area contributed by atoms with Gasteiger partial charge in [-0.05, 0) is 28.7 Å². The minimum Gasteiger partial charge on any atom is -0.453 e. The third-order valence-electron chi connectivity index (χ3n) is 2.32. The first kappa shape index (κ1) is 9.83. The van der Waals surface area contributed by atoms with E-state index in [2.05, 4.69) is 35.6 Å². The summed E-state index contributed by atoms with van der Waals surface area (Å²) in [6.07, 6.45) is 4.00. The van der Waals surface area contributed by atoms with Gasteiger partial charge in [0, 0.05) is 15.6 Å². The molecular weight excluding hydrogens is 291 g/mol. The lowest BCUT2D eigenvalue weighted by Gasteiger charge is -2.27. The zero-order chi connectivity index (χ0) is 10.0. The van der Waals surface area contributed by atoms with Crippen LogP contribution >= 0.6 is 22.6 Å². The predicted octanol–water partition coefficient (Wildman–Crippen LogP) is 3.37. The van der Waals surface area contributed by atoms with Gasteiger partial charge in [-0.15, -0.1) is 0 Å². The monoisotopic (exact) mass is 302 g/mol. The third kappa shape index (κ3) is 1.49. The van der Waals surface area contributed by atoms with Gasteiger partial charge in [-0.3, -0.25) is 0 Å². The van der Waals surface area contributed by atoms with Crippen molar-refractivity contribution in [1.29, 1.82) is 0 Å². The van der Waals surface area contributed by atoms with Gasteiger partial charge in [-0.1, -0.05) is 25.1 Å². The number of ether oxygens (including phenoxy) is 2. The lowest BCUT2D eigenvalue weighted by molar-refractivity contribution is -0.152. The van der Waals surface area contributed by atoms with E-state index >= 15 is 0 Å². The Kier molecular flexibility index (Phi) is 2.67. The molecule has 0 atom stereocenters. The van der Waals surface area contributed by atoms with E-state index < -0.39 is 5.79 Å². The van der Waals surface area contributed by atoms with E-state index in [0.717, 1.165) is 15.6 Å². The molecule has 0 radical (unpaired) electrons. The van der Waals surface area contributed by atoms with Crippen molar-refractivity contribution in [3.63, 3.8) is 0 Å². The first-order valence-corrected chi connectivity index (χ1v) is 5.62. The van der Waals surface area contributed by atoms with Gasteiger partial charge in [0.15, 0.2) is 0 Å². The van der Waals surface area contributed by atoms with Crippen LogP contribution in [0.15, 0.2) is 36.8 Å². The maximum atomic E-state index is 5.55. The van der Waals surface area contributed by atoms with Gasteiger partial charge in [0.25, 0.3) is 5.79 Å². The van der Waals surface area contributed by atoms with Crippen molar-refractivity contribution in [3.8, 4) is 0 Å². The summed E-state index contributed by atoms with van der Waals surface area (Å²) in [6.45, 7) is 2.05. The van der Waals surface area contributed by atoms with Crippen LogP contribution in [0, 0.1) is 3.57 Å². The molecule has 2 nitrogen and oxygen atoms in total. The smallest absolute Gasteiger partial charge is 0.277 e. The average molecular weight is 302 g/mol. The first-order valence-electron chi connectivity index (χ1n) is 4.54. The molecule has 0 aliphatic carbocycles. The summed E-state index contributed by atoms with van der Waals surface area (Å²) in [5.41, 5.74) is 1.09.